The summed E-state index contributed by atoms with van der Waals surface area (Å²) in [5, 5.41) is 3.30. The summed E-state index contributed by atoms with van der Waals surface area (Å²) in [5.74, 6) is -2.85. The molecule has 1 N–H and O–H groups in total. The van der Waals surface area contributed by atoms with Crippen LogP contribution < -0.4 is 10.2 Å². The van der Waals surface area contributed by atoms with E-state index in [-0.39, 0.29) is 11.7 Å². The molecule has 0 radical (unpaired) electrons. The van der Waals surface area contributed by atoms with Crippen LogP contribution in [0.15, 0.2) is 12.1 Å². The minimum atomic E-state index is -1.14. The maximum absolute atomic E-state index is 13.7. The third-order valence-electron chi connectivity index (χ3n) is 3.24. The van der Waals surface area contributed by atoms with Crippen molar-refractivity contribution < 1.29 is 13.2 Å². The normalized spacial score (nSPS) is 20.2. The molecule has 1 fully saturated rings. The van der Waals surface area contributed by atoms with Crippen LogP contribution in [0.3, 0.4) is 0 Å². The summed E-state index contributed by atoms with van der Waals surface area (Å²) in [6.45, 7) is 4.15. The maximum Gasteiger partial charge on any atom is 0.161 e. The van der Waals surface area contributed by atoms with Crippen LogP contribution in [0.1, 0.15) is 19.8 Å². The van der Waals surface area contributed by atoms with Crippen molar-refractivity contribution in [1.29, 1.82) is 0 Å². The smallest absolute Gasteiger partial charge is 0.161 e. The monoisotopic (exact) mass is 258 g/mol. The molecular weight excluding hydrogens is 241 g/mol. The van der Waals surface area contributed by atoms with Gasteiger partial charge in [-0.15, -0.1) is 0 Å². The Kier molecular flexibility index (Phi) is 4.11. The van der Waals surface area contributed by atoms with Crippen LogP contribution in [-0.2, 0) is 0 Å². The van der Waals surface area contributed by atoms with E-state index in [1.54, 1.807) is 4.90 Å². The summed E-state index contributed by atoms with van der Waals surface area (Å²) in [6, 6.07) is 1.83. The number of likely N-dealkylation sites (N-methyl/N-ethyl adjacent to an activating group) is 1. The zero-order valence-corrected chi connectivity index (χ0v) is 10.3. The first-order valence-electron chi connectivity index (χ1n) is 6.24. The lowest BCUT2D eigenvalue weighted by molar-refractivity contribution is 0.425. The molecule has 5 heteroatoms. The Bertz CT molecular complexity index is 421. The van der Waals surface area contributed by atoms with Crippen molar-refractivity contribution in [1.82, 2.24) is 5.32 Å². The van der Waals surface area contributed by atoms with Gasteiger partial charge in [0.15, 0.2) is 11.6 Å². The van der Waals surface area contributed by atoms with Crippen LogP contribution in [-0.4, -0.2) is 25.7 Å². The van der Waals surface area contributed by atoms with Crippen molar-refractivity contribution in [3.05, 3.63) is 29.6 Å². The van der Waals surface area contributed by atoms with Crippen LogP contribution in [0.5, 0.6) is 0 Å². The van der Waals surface area contributed by atoms with Gasteiger partial charge in [-0.2, -0.15) is 0 Å². The second-order valence-electron chi connectivity index (χ2n) is 4.56. The number of rotatable bonds is 3. The van der Waals surface area contributed by atoms with Crippen molar-refractivity contribution in [3.8, 4) is 0 Å². The summed E-state index contributed by atoms with van der Waals surface area (Å²) in [6.07, 6.45) is 1.94. The van der Waals surface area contributed by atoms with Gasteiger partial charge in [-0.3, -0.25) is 0 Å². The first kappa shape index (κ1) is 13.2. The van der Waals surface area contributed by atoms with Crippen LogP contribution in [0.25, 0.3) is 0 Å². The SMILES string of the molecule is CCNC1CCCN(c2cc(F)c(F)cc2F)C1. The predicted octanol–water partition coefficient (Wildman–Crippen LogP) is 2.68. The Morgan fingerprint density at radius 3 is 2.67 bits per heavy atom. The standard InChI is InChI=1S/C13H17F3N2/c1-2-17-9-4-3-5-18(8-9)13-7-11(15)10(14)6-12(13)16/h6-7,9,17H,2-5,8H2,1H3. The van der Waals surface area contributed by atoms with Gasteiger partial charge in [0.2, 0.25) is 0 Å². The lowest BCUT2D eigenvalue weighted by atomic mass is 10.0. The maximum atomic E-state index is 13.7. The van der Waals surface area contributed by atoms with Gasteiger partial charge in [0.1, 0.15) is 5.82 Å². The van der Waals surface area contributed by atoms with Gasteiger partial charge in [-0.05, 0) is 19.4 Å². The number of halogens is 3. The molecule has 1 aromatic rings. The van der Waals surface area contributed by atoms with Gasteiger partial charge >= 0.3 is 0 Å². The van der Waals surface area contributed by atoms with Crippen molar-refractivity contribution in [2.75, 3.05) is 24.5 Å². The molecule has 0 spiro atoms. The number of hydrogen-bond acceptors (Lipinski definition) is 2. The third kappa shape index (κ3) is 2.77. The van der Waals surface area contributed by atoms with E-state index in [0.29, 0.717) is 19.2 Å². The number of piperidine rings is 1. The Labute approximate surface area is 105 Å². The summed E-state index contributed by atoms with van der Waals surface area (Å²) in [4.78, 5) is 1.77. The van der Waals surface area contributed by atoms with Gasteiger partial charge < -0.3 is 10.2 Å². The van der Waals surface area contributed by atoms with E-state index in [2.05, 4.69) is 5.32 Å². The molecular formula is C13H17F3N2. The van der Waals surface area contributed by atoms with Crippen molar-refractivity contribution in [2.45, 2.75) is 25.8 Å². The van der Waals surface area contributed by atoms with E-state index in [1.807, 2.05) is 6.92 Å². The van der Waals surface area contributed by atoms with Gasteiger partial charge in [0, 0.05) is 31.3 Å². The summed E-state index contributed by atoms with van der Waals surface area (Å²) < 4.78 is 39.7. The lowest BCUT2D eigenvalue weighted by Crippen LogP contribution is -2.46. The van der Waals surface area contributed by atoms with E-state index >= 15 is 0 Å². The zero-order chi connectivity index (χ0) is 13.1. The number of nitrogens with one attached hydrogen (secondary N) is 1. The number of nitrogens with zero attached hydrogens (tertiary/aromatic N) is 1. The molecule has 2 rings (SSSR count). The molecule has 1 saturated heterocycles. The van der Waals surface area contributed by atoms with Gasteiger partial charge in [-0.1, -0.05) is 6.92 Å². The highest BCUT2D eigenvalue weighted by molar-refractivity contribution is 5.49. The highest BCUT2D eigenvalue weighted by Gasteiger charge is 2.22. The second-order valence-corrected chi connectivity index (χ2v) is 4.56. The van der Waals surface area contributed by atoms with Crippen LogP contribution >= 0.6 is 0 Å². The van der Waals surface area contributed by atoms with E-state index in [1.165, 1.54) is 0 Å². The molecule has 18 heavy (non-hydrogen) atoms. The van der Waals surface area contributed by atoms with Gasteiger partial charge in [0.25, 0.3) is 0 Å². The molecule has 1 aliphatic rings. The lowest BCUT2D eigenvalue weighted by Gasteiger charge is -2.35. The first-order valence-corrected chi connectivity index (χ1v) is 6.24. The van der Waals surface area contributed by atoms with Gasteiger partial charge in [0.05, 0.1) is 5.69 Å². The zero-order valence-electron chi connectivity index (χ0n) is 10.3. The van der Waals surface area contributed by atoms with Gasteiger partial charge in [-0.25, -0.2) is 13.2 Å². The Balaban J connectivity index is 2.18. The molecule has 1 atom stereocenters. The minimum absolute atomic E-state index is 0.150. The fourth-order valence-corrected chi connectivity index (χ4v) is 2.41. The second kappa shape index (κ2) is 5.61. The minimum Gasteiger partial charge on any atom is -0.368 e. The number of benzene rings is 1. The van der Waals surface area contributed by atoms with Crippen LogP contribution in [0.2, 0.25) is 0 Å². The topological polar surface area (TPSA) is 15.3 Å². The first-order chi connectivity index (χ1) is 8.61. The average molecular weight is 258 g/mol. The molecule has 0 bridgehead atoms. The fourth-order valence-electron chi connectivity index (χ4n) is 2.41. The van der Waals surface area contributed by atoms with Crippen LogP contribution in [0.4, 0.5) is 18.9 Å². The van der Waals surface area contributed by atoms with Crippen molar-refractivity contribution >= 4 is 5.69 Å². The number of anilines is 1. The van der Waals surface area contributed by atoms with Crippen molar-refractivity contribution in [3.63, 3.8) is 0 Å². The highest BCUT2D eigenvalue weighted by Crippen LogP contribution is 2.25. The van der Waals surface area contributed by atoms with E-state index < -0.39 is 17.5 Å². The molecule has 1 heterocycles. The molecule has 1 aromatic carbocycles. The third-order valence-corrected chi connectivity index (χ3v) is 3.24. The number of hydrogen-bond donors (Lipinski definition) is 1. The molecule has 1 unspecified atom stereocenters. The van der Waals surface area contributed by atoms with Crippen molar-refractivity contribution in [2.24, 2.45) is 0 Å². The molecule has 0 aliphatic carbocycles. The molecule has 2 nitrogen and oxygen atoms in total. The molecule has 0 aromatic heterocycles. The summed E-state index contributed by atoms with van der Waals surface area (Å²) >= 11 is 0. The molecule has 0 amide bonds. The van der Waals surface area contributed by atoms with E-state index in [0.717, 1.165) is 25.5 Å². The Morgan fingerprint density at radius 1 is 1.22 bits per heavy atom. The molecule has 0 saturated carbocycles. The highest BCUT2D eigenvalue weighted by atomic mass is 19.2. The summed E-state index contributed by atoms with van der Waals surface area (Å²) in [5.41, 5.74) is 0.150. The molecule has 1 aliphatic heterocycles. The Morgan fingerprint density at radius 2 is 1.94 bits per heavy atom. The predicted molar refractivity (Wildman–Crippen MR) is 65.2 cm³/mol. The summed E-state index contributed by atoms with van der Waals surface area (Å²) in [7, 11) is 0. The largest absolute Gasteiger partial charge is 0.368 e. The average Bonchev–Trinajstić information content (AvgIpc) is 2.34. The fraction of sp³-hybridized carbons (Fsp3) is 0.538. The van der Waals surface area contributed by atoms with E-state index in [4.69, 9.17) is 0 Å². The Hall–Kier alpha value is -1.23. The quantitative estimate of drug-likeness (QED) is 0.839. The molecule has 100 valence electrons. The van der Waals surface area contributed by atoms with E-state index in [9.17, 15) is 13.2 Å². The van der Waals surface area contributed by atoms with Crippen LogP contribution in [0, 0.1) is 17.5 Å².